The van der Waals surface area contributed by atoms with E-state index in [1.165, 1.54) is 6.07 Å². The maximum Gasteiger partial charge on any atom is 0.247 e. The van der Waals surface area contributed by atoms with Crippen LogP contribution in [0.4, 0.5) is 0 Å². The number of aryl methyl sites for hydroxylation is 1. The molecular formula is C10H12N4O4S. The first kappa shape index (κ1) is 13.4. The summed E-state index contributed by atoms with van der Waals surface area (Å²) in [5.74, 6) is 0.861. The molecule has 0 saturated heterocycles. The molecular weight excluding hydrogens is 272 g/mol. The fraction of sp³-hybridized carbons (Fsp3) is 0.300. The molecule has 102 valence electrons. The van der Waals surface area contributed by atoms with Crippen molar-refractivity contribution >= 4 is 10.0 Å². The largest absolute Gasteiger partial charge is 0.340 e. The summed E-state index contributed by atoms with van der Waals surface area (Å²) < 4.78 is 30.8. The summed E-state index contributed by atoms with van der Waals surface area (Å²) in [6, 6.07) is 2.39. The van der Waals surface area contributed by atoms with Crippen LogP contribution in [0.3, 0.4) is 0 Å². The third kappa shape index (κ3) is 3.48. The zero-order valence-corrected chi connectivity index (χ0v) is 10.9. The van der Waals surface area contributed by atoms with Crippen LogP contribution in [0, 0.1) is 6.92 Å². The Morgan fingerprint density at radius 2 is 2.21 bits per heavy atom. The maximum atomic E-state index is 11.8. The molecule has 9 heteroatoms. The molecule has 0 aliphatic rings. The summed E-state index contributed by atoms with van der Waals surface area (Å²) in [6.07, 6.45) is 1.46. The quantitative estimate of drug-likeness (QED) is 0.770. The van der Waals surface area contributed by atoms with Crippen molar-refractivity contribution in [1.82, 2.24) is 19.8 Å². The molecule has 2 aromatic heterocycles. The molecule has 0 fully saturated rings. The number of pyridine rings is 1. The van der Waals surface area contributed by atoms with E-state index in [0.29, 0.717) is 18.1 Å². The lowest BCUT2D eigenvalue weighted by atomic mass is 10.4. The van der Waals surface area contributed by atoms with Gasteiger partial charge in [-0.1, -0.05) is 5.16 Å². The van der Waals surface area contributed by atoms with E-state index in [1.807, 2.05) is 0 Å². The predicted molar refractivity (Wildman–Crippen MR) is 65.0 cm³/mol. The summed E-state index contributed by atoms with van der Waals surface area (Å²) in [5.41, 5.74) is -0.360. The lowest BCUT2D eigenvalue weighted by Gasteiger charge is -2.04. The molecule has 0 radical (unpaired) electrons. The van der Waals surface area contributed by atoms with Crippen molar-refractivity contribution in [2.24, 2.45) is 0 Å². The number of nitrogens with one attached hydrogen (secondary N) is 2. The van der Waals surface area contributed by atoms with E-state index < -0.39 is 10.0 Å². The Morgan fingerprint density at radius 3 is 2.79 bits per heavy atom. The minimum atomic E-state index is -3.65. The highest BCUT2D eigenvalue weighted by Gasteiger charge is 2.13. The summed E-state index contributed by atoms with van der Waals surface area (Å²) >= 11 is 0. The van der Waals surface area contributed by atoms with Crippen LogP contribution in [0.5, 0.6) is 0 Å². The number of aromatic nitrogens is 3. The van der Waals surface area contributed by atoms with Crippen molar-refractivity contribution in [2.45, 2.75) is 18.2 Å². The second-order valence-corrected chi connectivity index (χ2v) is 5.53. The van der Waals surface area contributed by atoms with Crippen LogP contribution in [0.15, 0.2) is 32.5 Å². The summed E-state index contributed by atoms with van der Waals surface area (Å²) in [5, 5.41) is 3.65. The number of hydrogen-bond acceptors (Lipinski definition) is 6. The van der Waals surface area contributed by atoms with Gasteiger partial charge in [-0.3, -0.25) is 4.79 Å². The molecule has 0 bridgehead atoms. The molecule has 8 nitrogen and oxygen atoms in total. The number of hydrogen-bond donors (Lipinski definition) is 2. The molecule has 0 aromatic carbocycles. The van der Waals surface area contributed by atoms with Crippen molar-refractivity contribution < 1.29 is 12.9 Å². The number of nitrogens with zero attached hydrogens (tertiary/aromatic N) is 2. The van der Waals surface area contributed by atoms with Gasteiger partial charge in [0, 0.05) is 32.2 Å². The van der Waals surface area contributed by atoms with Gasteiger partial charge in [-0.25, -0.2) is 13.1 Å². The van der Waals surface area contributed by atoms with Crippen LogP contribution in [0.1, 0.15) is 11.7 Å². The molecule has 0 unspecified atom stereocenters. The summed E-state index contributed by atoms with van der Waals surface area (Å²) in [7, 11) is -3.65. The van der Waals surface area contributed by atoms with E-state index >= 15 is 0 Å². The molecule has 2 rings (SSSR count). The Kier molecular flexibility index (Phi) is 3.76. The zero-order valence-electron chi connectivity index (χ0n) is 10.1. The number of aromatic amines is 1. The molecule has 2 heterocycles. The lowest BCUT2D eigenvalue weighted by Crippen LogP contribution is -2.26. The molecule has 19 heavy (non-hydrogen) atoms. The van der Waals surface area contributed by atoms with Crippen LogP contribution < -0.4 is 10.3 Å². The monoisotopic (exact) mass is 284 g/mol. The highest BCUT2D eigenvalue weighted by molar-refractivity contribution is 7.89. The van der Waals surface area contributed by atoms with E-state index in [2.05, 4.69) is 19.8 Å². The fourth-order valence-corrected chi connectivity index (χ4v) is 2.39. The fourth-order valence-electron chi connectivity index (χ4n) is 1.39. The lowest BCUT2D eigenvalue weighted by molar-refractivity contribution is 0.387. The third-order valence-corrected chi connectivity index (χ3v) is 3.73. The minimum absolute atomic E-state index is 0.00334. The van der Waals surface area contributed by atoms with Crippen LogP contribution in [0.2, 0.25) is 0 Å². The molecule has 0 spiro atoms. The average molecular weight is 284 g/mol. The van der Waals surface area contributed by atoms with Gasteiger partial charge >= 0.3 is 0 Å². The third-order valence-electron chi connectivity index (χ3n) is 2.28. The molecule has 0 aliphatic carbocycles. The maximum absolute atomic E-state index is 11.8. The molecule has 0 aliphatic heterocycles. The van der Waals surface area contributed by atoms with Crippen molar-refractivity contribution in [3.8, 4) is 0 Å². The van der Waals surface area contributed by atoms with Crippen molar-refractivity contribution in [3.05, 3.63) is 40.4 Å². The molecule has 2 N–H and O–H groups in total. The first-order chi connectivity index (χ1) is 8.97. The summed E-state index contributed by atoms with van der Waals surface area (Å²) in [4.78, 5) is 17.1. The zero-order chi connectivity index (χ0) is 13.9. The molecule has 0 atom stereocenters. The standard InChI is InChI=1S/C10H12N4O4S/c1-7-13-9(14-18-7)4-5-12-19(16,17)8-2-3-10(15)11-6-8/h2-3,6,12H,4-5H2,1H3,(H,11,15). The number of rotatable bonds is 5. The van der Waals surface area contributed by atoms with Crippen molar-refractivity contribution in [2.75, 3.05) is 6.54 Å². The smallest absolute Gasteiger partial charge is 0.247 e. The Balaban J connectivity index is 1.98. The van der Waals surface area contributed by atoms with E-state index in [-0.39, 0.29) is 17.0 Å². The van der Waals surface area contributed by atoms with Gasteiger partial charge in [-0.05, 0) is 6.07 Å². The van der Waals surface area contributed by atoms with Crippen LogP contribution in [0.25, 0.3) is 0 Å². The van der Waals surface area contributed by atoms with Gasteiger partial charge in [0.05, 0.1) is 4.90 Å². The van der Waals surface area contributed by atoms with Crippen molar-refractivity contribution in [1.29, 1.82) is 0 Å². The van der Waals surface area contributed by atoms with Gasteiger partial charge in [0.2, 0.25) is 21.5 Å². The second-order valence-electron chi connectivity index (χ2n) is 3.77. The highest BCUT2D eigenvalue weighted by atomic mass is 32.2. The average Bonchev–Trinajstić information content (AvgIpc) is 2.75. The SMILES string of the molecule is Cc1nc(CCNS(=O)(=O)c2ccc(=O)[nH]c2)no1. The Bertz CT molecular complexity index is 699. The van der Waals surface area contributed by atoms with Crippen LogP contribution >= 0.6 is 0 Å². The first-order valence-electron chi connectivity index (χ1n) is 5.45. The predicted octanol–water partition coefficient (Wildman–Crippen LogP) is -0.413. The topological polar surface area (TPSA) is 118 Å². The first-order valence-corrected chi connectivity index (χ1v) is 6.93. The Labute approximate surface area is 108 Å². The van der Waals surface area contributed by atoms with Gasteiger partial charge in [-0.15, -0.1) is 0 Å². The number of H-pyrrole nitrogens is 1. The van der Waals surface area contributed by atoms with Crippen molar-refractivity contribution in [3.63, 3.8) is 0 Å². The van der Waals surface area contributed by atoms with Crippen LogP contribution in [-0.2, 0) is 16.4 Å². The molecule has 0 amide bonds. The molecule has 0 saturated carbocycles. The van der Waals surface area contributed by atoms with Gasteiger partial charge in [0.25, 0.3) is 0 Å². The van der Waals surface area contributed by atoms with E-state index in [9.17, 15) is 13.2 Å². The van der Waals surface area contributed by atoms with E-state index in [0.717, 1.165) is 12.3 Å². The highest BCUT2D eigenvalue weighted by Crippen LogP contribution is 2.04. The summed E-state index contributed by atoms with van der Waals surface area (Å²) in [6.45, 7) is 1.79. The second kappa shape index (κ2) is 5.33. The van der Waals surface area contributed by atoms with Crippen LogP contribution in [-0.4, -0.2) is 30.1 Å². The van der Waals surface area contributed by atoms with Gasteiger partial charge in [0.1, 0.15) is 0 Å². The van der Waals surface area contributed by atoms with E-state index in [4.69, 9.17) is 4.52 Å². The Morgan fingerprint density at radius 1 is 1.42 bits per heavy atom. The van der Waals surface area contributed by atoms with Gasteiger partial charge in [-0.2, -0.15) is 4.98 Å². The normalized spacial score (nSPS) is 11.6. The molecule has 2 aromatic rings. The van der Waals surface area contributed by atoms with Gasteiger partial charge < -0.3 is 9.51 Å². The Hall–Kier alpha value is -2.00. The van der Waals surface area contributed by atoms with Gasteiger partial charge in [0.15, 0.2) is 5.82 Å². The number of sulfonamides is 1. The van der Waals surface area contributed by atoms with E-state index in [1.54, 1.807) is 6.92 Å². The minimum Gasteiger partial charge on any atom is -0.340 e.